The summed E-state index contributed by atoms with van der Waals surface area (Å²) in [6, 6.07) is 0. The number of rotatable bonds is 7. The molecule has 6 nitrogen and oxygen atoms in total. The number of carbonyl (C=O) groups is 3. The molecule has 0 aromatic rings. The highest BCUT2D eigenvalue weighted by molar-refractivity contribution is 5.91. The maximum Gasteiger partial charge on any atom is 0.317 e. The van der Waals surface area contributed by atoms with Crippen LogP contribution in [0.2, 0.25) is 0 Å². The largest absolute Gasteiger partial charge is 0.466 e. The zero-order valence-electron chi connectivity index (χ0n) is 21.3. The van der Waals surface area contributed by atoms with Crippen molar-refractivity contribution in [1.29, 1.82) is 0 Å². The van der Waals surface area contributed by atoms with Gasteiger partial charge in [-0.15, -0.1) is 0 Å². The number of hydrogen-bond acceptors (Lipinski definition) is 6. The van der Waals surface area contributed by atoms with Crippen LogP contribution in [0.15, 0.2) is 11.6 Å². The van der Waals surface area contributed by atoms with Gasteiger partial charge in [-0.05, 0) is 73.7 Å². The van der Waals surface area contributed by atoms with Crippen LogP contribution in [-0.2, 0) is 28.6 Å². The number of hydrogen-bond donors (Lipinski definition) is 0. The molecule has 0 spiro atoms. The van der Waals surface area contributed by atoms with Crippen molar-refractivity contribution in [3.63, 3.8) is 0 Å². The van der Waals surface area contributed by atoms with E-state index in [9.17, 15) is 14.4 Å². The van der Waals surface area contributed by atoms with Crippen molar-refractivity contribution in [2.75, 3.05) is 13.2 Å². The lowest BCUT2D eigenvalue weighted by atomic mass is 9.45. The molecule has 33 heavy (non-hydrogen) atoms. The quantitative estimate of drug-likeness (QED) is 0.223. The van der Waals surface area contributed by atoms with E-state index in [1.165, 1.54) is 12.5 Å². The Kier molecular flexibility index (Phi) is 7.95. The summed E-state index contributed by atoms with van der Waals surface area (Å²) in [7, 11) is 0. The molecular weight excluding hydrogens is 420 g/mol. The van der Waals surface area contributed by atoms with E-state index >= 15 is 0 Å². The van der Waals surface area contributed by atoms with Crippen LogP contribution in [0.4, 0.5) is 0 Å². The van der Waals surface area contributed by atoms with Crippen molar-refractivity contribution in [2.24, 2.45) is 34.5 Å². The van der Waals surface area contributed by atoms with Gasteiger partial charge in [0.1, 0.15) is 12.5 Å². The standard InChI is InChI=1S/C27H42O6/c1-7-31-24(29)15-25(30)32-16-26(5)11-8-12-27(6)21-10-9-19(17(2)3)13-20(21)22(14-23(26)27)33-18(4)28/h13,17,19,21-23H,7-12,14-16H2,1-6H3/t19-,21+,22-,23+,26+,27-/m1/s1. The molecule has 0 bridgehead atoms. The Balaban J connectivity index is 1.84. The van der Waals surface area contributed by atoms with Crippen LogP contribution < -0.4 is 0 Å². The fraction of sp³-hybridized carbons (Fsp3) is 0.815. The molecule has 0 aromatic carbocycles. The Labute approximate surface area is 198 Å². The van der Waals surface area contributed by atoms with E-state index in [1.807, 2.05) is 0 Å². The zero-order valence-corrected chi connectivity index (χ0v) is 21.3. The second-order valence-corrected chi connectivity index (χ2v) is 11.2. The molecule has 0 radical (unpaired) electrons. The van der Waals surface area contributed by atoms with Crippen LogP contribution in [-0.4, -0.2) is 37.2 Å². The lowest BCUT2D eigenvalue weighted by Gasteiger charge is -2.61. The lowest BCUT2D eigenvalue weighted by molar-refractivity contribution is -0.167. The first-order valence-electron chi connectivity index (χ1n) is 12.7. The van der Waals surface area contributed by atoms with Gasteiger partial charge in [-0.3, -0.25) is 14.4 Å². The molecule has 3 aliphatic carbocycles. The van der Waals surface area contributed by atoms with Gasteiger partial charge in [0.25, 0.3) is 0 Å². The molecule has 2 fully saturated rings. The summed E-state index contributed by atoms with van der Waals surface area (Å²) in [6.45, 7) is 12.8. The minimum absolute atomic E-state index is 0.0744. The second-order valence-electron chi connectivity index (χ2n) is 11.2. The predicted molar refractivity (Wildman–Crippen MR) is 125 cm³/mol. The van der Waals surface area contributed by atoms with E-state index in [0.717, 1.165) is 38.5 Å². The molecule has 186 valence electrons. The average molecular weight is 463 g/mol. The molecule has 3 aliphatic rings. The van der Waals surface area contributed by atoms with Gasteiger partial charge >= 0.3 is 17.9 Å². The molecule has 0 unspecified atom stereocenters. The smallest absolute Gasteiger partial charge is 0.317 e. The Morgan fingerprint density at radius 1 is 1.09 bits per heavy atom. The number of esters is 3. The summed E-state index contributed by atoms with van der Waals surface area (Å²) >= 11 is 0. The maximum absolute atomic E-state index is 12.3. The number of ether oxygens (including phenoxy) is 3. The van der Waals surface area contributed by atoms with Crippen molar-refractivity contribution in [3.8, 4) is 0 Å². The number of allylic oxidation sites excluding steroid dienone is 1. The molecule has 2 saturated carbocycles. The highest BCUT2D eigenvalue weighted by Gasteiger charge is 2.58. The Bertz CT molecular complexity index is 785. The molecule has 6 heteroatoms. The summed E-state index contributed by atoms with van der Waals surface area (Å²) in [5.41, 5.74) is 1.17. The van der Waals surface area contributed by atoms with E-state index in [-0.39, 0.29) is 48.5 Å². The molecule has 0 heterocycles. The van der Waals surface area contributed by atoms with Gasteiger partial charge in [0.05, 0.1) is 13.2 Å². The van der Waals surface area contributed by atoms with E-state index in [2.05, 4.69) is 33.8 Å². The van der Waals surface area contributed by atoms with E-state index < -0.39 is 11.9 Å². The summed E-state index contributed by atoms with van der Waals surface area (Å²) in [5.74, 6) is 0.401. The van der Waals surface area contributed by atoms with Crippen LogP contribution in [0.1, 0.15) is 86.5 Å². The van der Waals surface area contributed by atoms with Crippen molar-refractivity contribution >= 4 is 17.9 Å². The minimum Gasteiger partial charge on any atom is -0.466 e. The first-order valence-corrected chi connectivity index (χ1v) is 12.7. The fourth-order valence-electron chi connectivity index (χ4n) is 6.99. The molecule has 0 N–H and O–H groups in total. The van der Waals surface area contributed by atoms with E-state index in [1.54, 1.807) is 6.92 Å². The first kappa shape index (κ1) is 25.8. The molecule has 0 aliphatic heterocycles. The van der Waals surface area contributed by atoms with Gasteiger partial charge in [-0.25, -0.2) is 0 Å². The predicted octanol–water partition coefficient (Wildman–Crippen LogP) is 5.24. The maximum atomic E-state index is 12.3. The van der Waals surface area contributed by atoms with Crippen molar-refractivity contribution in [3.05, 3.63) is 11.6 Å². The molecule has 3 rings (SSSR count). The summed E-state index contributed by atoms with van der Waals surface area (Å²) < 4.78 is 16.4. The van der Waals surface area contributed by atoms with Crippen LogP contribution in [0, 0.1) is 34.5 Å². The lowest BCUT2D eigenvalue weighted by Crippen LogP contribution is -2.56. The van der Waals surface area contributed by atoms with Gasteiger partial charge in [0.15, 0.2) is 0 Å². The van der Waals surface area contributed by atoms with Gasteiger partial charge in [0, 0.05) is 12.3 Å². The average Bonchev–Trinajstić information content (AvgIpc) is 2.73. The molecular formula is C27H42O6. The monoisotopic (exact) mass is 462 g/mol. The number of fused-ring (bicyclic) bond motifs is 3. The third kappa shape index (κ3) is 5.46. The molecule has 0 amide bonds. The highest BCUT2D eigenvalue weighted by Crippen LogP contribution is 2.63. The SMILES string of the molecule is CCOC(=O)CC(=O)OC[C@]1(C)CCC[C@]2(C)[C@H]3CC[C@@H](C(C)C)C=C3[C@H](OC(C)=O)C[C@@H]12. The topological polar surface area (TPSA) is 78.9 Å². The molecule has 0 aromatic heterocycles. The highest BCUT2D eigenvalue weighted by atomic mass is 16.6. The zero-order chi connectivity index (χ0) is 24.4. The minimum atomic E-state index is -0.551. The van der Waals surface area contributed by atoms with Crippen molar-refractivity contribution < 1.29 is 28.6 Å². The van der Waals surface area contributed by atoms with Gasteiger partial charge < -0.3 is 14.2 Å². The fourth-order valence-corrected chi connectivity index (χ4v) is 6.99. The van der Waals surface area contributed by atoms with E-state index in [4.69, 9.17) is 14.2 Å². The normalized spacial score (nSPS) is 35.7. The Morgan fingerprint density at radius 3 is 2.42 bits per heavy atom. The van der Waals surface area contributed by atoms with Crippen LogP contribution >= 0.6 is 0 Å². The van der Waals surface area contributed by atoms with Crippen LogP contribution in [0.25, 0.3) is 0 Å². The third-order valence-corrected chi connectivity index (χ3v) is 8.64. The van der Waals surface area contributed by atoms with Gasteiger partial charge in [-0.1, -0.05) is 40.2 Å². The first-order chi connectivity index (χ1) is 15.5. The molecule has 6 atom stereocenters. The summed E-state index contributed by atoms with van der Waals surface area (Å²) in [4.78, 5) is 36.0. The van der Waals surface area contributed by atoms with Crippen molar-refractivity contribution in [2.45, 2.75) is 92.6 Å². The van der Waals surface area contributed by atoms with Crippen LogP contribution in [0.5, 0.6) is 0 Å². The van der Waals surface area contributed by atoms with Crippen molar-refractivity contribution in [1.82, 2.24) is 0 Å². The molecule has 0 saturated heterocycles. The van der Waals surface area contributed by atoms with E-state index in [0.29, 0.717) is 17.8 Å². The van der Waals surface area contributed by atoms with Crippen LogP contribution in [0.3, 0.4) is 0 Å². The third-order valence-electron chi connectivity index (χ3n) is 8.64. The second kappa shape index (κ2) is 10.2. The Morgan fingerprint density at radius 2 is 1.79 bits per heavy atom. The summed E-state index contributed by atoms with van der Waals surface area (Å²) in [5, 5.41) is 0. The van der Waals surface area contributed by atoms with Gasteiger partial charge in [0.2, 0.25) is 0 Å². The van der Waals surface area contributed by atoms with Gasteiger partial charge in [-0.2, -0.15) is 0 Å². The summed E-state index contributed by atoms with van der Waals surface area (Å²) in [6.07, 6.45) is 8.04. The number of carbonyl (C=O) groups excluding carboxylic acids is 3. The Hall–Kier alpha value is -1.85.